The molecular weight excluding hydrogens is 300 g/mol. The third-order valence-electron chi connectivity index (χ3n) is 5.03. The van der Waals surface area contributed by atoms with Crippen LogP contribution in [0.15, 0.2) is 12.1 Å². The predicted molar refractivity (Wildman–Crippen MR) is 92.5 cm³/mol. The molecule has 1 aliphatic carbocycles. The van der Waals surface area contributed by atoms with Gasteiger partial charge < -0.3 is 10.2 Å². The molecule has 2 nitrogen and oxygen atoms in total. The molecule has 0 bridgehead atoms. The topological polar surface area (TPSA) is 15.3 Å². The fourth-order valence-electron chi connectivity index (χ4n) is 3.83. The molecule has 1 aliphatic heterocycles. The summed E-state index contributed by atoms with van der Waals surface area (Å²) in [6, 6.07) is 4.93. The van der Waals surface area contributed by atoms with E-state index < -0.39 is 0 Å². The van der Waals surface area contributed by atoms with Gasteiger partial charge in [-0.15, -0.1) is 11.3 Å². The van der Waals surface area contributed by atoms with Crippen LogP contribution in [-0.2, 0) is 6.42 Å². The van der Waals surface area contributed by atoms with Gasteiger partial charge in [-0.25, -0.2) is 0 Å². The number of halogens is 1. The Hall–Kier alpha value is -0.0900. The lowest BCUT2D eigenvalue weighted by Gasteiger charge is -2.32. The van der Waals surface area contributed by atoms with Gasteiger partial charge in [0.1, 0.15) is 0 Å². The highest BCUT2D eigenvalue weighted by molar-refractivity contribution is 7.16. The van der Waals surface area contributed by atoms with Gasteiger partial charge in [0.25, 0.3) is 0 Å². The molecule has 21 heavy (non-hydrogen) atoms. The average Bonchev–Trinajstić information content (AvgIpc) is 2.79. The monoisotopic (exact) mass is 326 g/mol. The lowest BCUT2D eigenvalue weighted by Crippen LogP contribution is -2.44. The molecule has 1 aromatic heterocycles. The molecule has 2 heterocycles. The van der Waals surface area contributed by atoms with E-state index in [1.165, 1.54) is 69.6 Å². The normalized spacial score (nSPS) is 25.9. The van der Waals surface area contributed by atoms with Crippen LogP contribution < -0.4 is 5.32 Å². The van der Waals surface area contributed by atoms with Crippen LogP contribution in [-0.4, -0.2) is 37.1 Å². The summed E-state index contributed by atoms with van der Waals surface area (Å²) < 4.78 is 0.919. The molecule has 1 N–H and O–H groups in total. The van der Waals surface area contributed by atoms with Crippen molar-refractivity contribution < 1.29 is 0 Å². The maximum atomic E-state index is 6.03. The number of rotatable bonds is 4. The van der Waals surface area contributed by atoms with Crippen LogP contribution in [0.25, 0.3) is 0 Å². The lowest BCUT2D eigenvalue weighted by molar-refractivity contribution is 0.208. The average molecular weight is 327 g/mol. The van der Waals surface area contributed by atoms with E-state index in [1.54, 1.807) is 11.3 Å². The molecular formula is C17H27ClN2S. The van der Waals surface area contributed by atoms with Gasteiger partial charge in [0, 0.05) is 24.0 Å². The third kappa shape index (κ3) is 4.69. The van der Waals surface area contributed by atoms with Gasteiger partial charge >= 0.3 is 0 Å². The molecule has 3 rings (SSSR count). The Kier molecular flexibility index (Phi) is 5.98. The van der Waals surface area contributed by atoms with E-state index in [0.29, 0.717) is 0 Å². The number of hydrogen-bond acceptors (Lipinski definition) is 3. The van der Waals surface area contributed by atoms with Crippen LogP contribution in [0.4, 0.5) is 0 Å². The van der Waals surface area contributed by atoms with E-state index in [2.05, 4.69) is 16.3 Å². The van der Waals surface area contributed by atoms with E-state index in [1.807, 2.05) is 6.07 Å². The number of nitrogens with zero attached hydrogens (tertiary/aromatic N) is 1. The van der Waals surface area contributed by atoms with Gasteiger partial charge in [0.05, 0.1) is 4.34 Å². The zero-order chi connectivity index (χ0) is 14.5. The maximum absolute atomic E-state index is 6.03. The van der Waals surface area contributed by atoms with Gasteiger partial charge in [0.2, 0.25) is 0 Å². The summed E-state index contributed by atoms with van der Waals surface area (Å²) in [6.07, 6.45) is 9.64. The quantitative estimate of drug-likeness (QED) is 0.892. The SMILES string of the molecule is Clc1ccc(CCN2CCCNC(C3CCCCC3)C2)s1. The van der Waals surface area contributed by atoms with Gasteiger partial charge in [-0.3, -0.25) is 0 Å². The second-order valence-electron chi connectivity index (χ2n) is 6.57. The molecule has 0 aromatic carbocycles. The Labute approximate surface area is 137 Å². The molecule has 118 valence electrons. The fourth-order valence-corrected chi connectivity index (χ4v) is 4.91. The van der Waals surface area contributed by atoms with Gasteiger partial charge in [-0.2, -0.15) is 0 Å². The van der Waals surface area contributed by atoms with E-state index in [0.717, 1.165) is 22.7 Å². The molecule has 1 saturated heterocycles. The molecule has 1 saturated carbocycles. The van der Waals surface area contributed by atoms with Crippen LogP contribution in [0.2, 0.25) is 4.34 Å². The van der Waals surface area contributed by atoms with Crippen molar-refractivity contribution in [3.05, 3.63) is 21.3 Å². The number of nitrogens with one attached hydrogen (secondary N) is 1. The summed E-state index contributed by atoms with van der Waals surface area (Å²) in [6.45, 7) is 4.86. The van der Waals surface area contributed by atoms with Crippen molar-refractivity contribution in [3.8, 4) is 0 Å². The van der Waals surface area contributed by atoms with Gasteiger partial charge in [0.15, 0.2) is 0 Å². The van der Waals surface area contributed by atoms with Crippen LogP contribution in [0, 0.1) is 5.92 Å². The lowest BCUT2D eigenvalue weighted by atomic mass is 9.83. The second-order valence-corrected chi connectivity index (χ2v) is 8.37. The summed E-state index contributed by atoms with van der Waals surface area (Å²) in [7, 11) is 0. The van der Waals surface area contributed by atoms with Crippen molar-refractivity contribution in [2.45, 2.75) is 51.0 Å². The highest BCUT2D eigenvalue weighted by atomic mass is 35.5. The summed E-state index contributed by atoms with van der Waals surface area (Å²) in [4.78, 5) is 4.10. The van der Waals surface area contributed by atoms with E-state index in [9.17, 15) is 0 Å². The molecule has 1 aromatic rings. The van der Waals surface area contributed by atoms with E-state index >= 15 is 0 Å². The van der Waals surface area contributed by atoms with Crippen molar-refractivity contribution in [2.24, 2.45) is 5.92 Å². The number of hydrogen-bond donors (Lipinski definition) is 1. The zero-order valence-electron chi connectivity index (χ0n) is 12.8. The largest absolute Gasteiger partial charge is 0.312 e. The summed E-state index contributed by atoms with van der Waals surface area (Å²) in [5, 5.41) is 3.82. The highest BCUT2D eigenvalue weighted by Gasteiger charge is 2.26. The first-order valence-electron chi connectivity index (χ1n) is 8.51. The van der Waals surface area contributed by atoms with Crippen molar-refractivity contribution >= 4 is 22.9 Å². The van der Waals surface area contributed by atoms with E-state index in [4.69, 9.17) is 11.6 Å². The van der Waals surface area contributed by atoms with Gasteiger partial charge in [-0.1, -0.05) is 30.9 Å². The Morgan fingerprint density at radius 3 is 2.81 bits per heavy atom. The second kappa shape index (κ2) is 7.96. The Balaban J connectivity index is 1.51. The molecule has 4 heteroatoms. The Bertz CT molecular complexity index is 428. The highest BCUT2D eigenvalue weighted by Crippen LogP contribution is 2.28. The molecule has 1 unspecified atom stereocenters. The minimum Gasteiger partial charge on any atom is -0.312 e. The third-order valence-corrected chi connectivity index (χ3v) is 6.33. The smallest absolute Gasteiger partial charge is 0.0931 e. The zero-order valence-corrected chi connectivity index (χ0v) is 14.4. The summed E-state index contributed by atoms with van der Waals surface area (Å²) >= 11 is 7.76. The van der Waals surface area contributed by atoms with Crippen molar-refractivity contribution in [1.82, 2.24) is 10.2 Å². The molecule has 2 fully saturated rings. The standard InChI is InChI=1S/C17H27ClN2S/c18-17-8-7-15(21-17)9-12-20-11-4-10-19-16(13-20)14-5-2-1-3-6-14/h7-8,14,16,19H,1-6,9-13H2. The molecule has 0 amide bonds. The van der Waals surface area contributed by atoms with Crippen LogP contribution in [0.1, 0.15) is 43.4 Å². The minimum atomic E-state index is 0.722. The van der Waals surface area contributed by atoms with Crippen molar-refractivity contribution in [2.75, 3.05) is 26.2 Å². The van der Waals surface area contributed by atoms with Crippen LogP contribution in [0.5, 0.6) is 0 Å². The maximum Gasteiger partial charge on any atom is 0.0931 e. The molecule has 0 radical (unpaired) electrons. The van der Waals surface area contributed by atoms with Gasteiger partial charge in [-0.05, 0) is 56.8 Å². The van der Waals surface area contributed by atoms with Crippen LogP contribution >= 0.6 is 22.9 Å². The molecule has 1 atom stereocenters. The van der Waals surface area contributed by atoms with E-state index in [-0.39, 0.29) is 0 Å². The summed E-state index contributed by atoms with van der Waals surface area (Å²) in [5.41, 5.74) is 0. The Morgan fingerprint density at radius 1 is 1.19 bits per heavy atom. The Morgan fingerprint density at radius 2 is 2.05 bits per heavy atom. The molecule has 2 aliphatic rings. The fraction of sp³-hybridized carbons (Fsp3) is 0.765. The first-order chi connectivity index (χ1) is 10.3. The van der Waals surface area contributed by atoms with Crippen molar-refractivity contribution in [1.29, 1.82) is 0 Å². The van der Waals surface area contributed by atoms with Crippen molar-refractivity contribution in [3.63, 3.8) is 0 Å². The summed E-state index contributed by atoms with van der Waals surface area (Å²) in [5.74, 6) is 0.913. The number of thiophene rings is 1. The first kappa shape index (κ1) is 15.8. The molecule has 0 spiro atoms. The first-order valence-corrected chi connectivity index (χ1v) is 9.70. The minimum absolute atomic E-state index is 0.722. The predicted octanol–water partition coefficient (Wildman–Crippen LogP) is 4.19. The van der Waals surface area contributed by atoms with Crippen LogP contribution in [0.3, 0.4) is 0 Å².